The van der Waals surface area contributed by atoms with Crippen LogP contribution in [-0.2, 0) is 6.54 Å². The molecule has 3 aromatic rings. The average Bonchev–Trinajstić information content (AvgIpc) is 3.15. The van der Waals surface area contributed by atoms with Crippen LogP contribution in [0.15, 0.2) is 42.5 Å². The Morgan fingerprint density at radius 3 is 2.21 bits per heavy atom. The van der Waals surface area contributed by atoms with Gasteiger partial charge in [-0.05, 0) is 43.3 Å². The van der Waals surface area contributed by atoms with Gasteiger partial charge in [-0.3, -0.25) is 9.59 Å². The number of carbonyl (C=O) groups is 2. The topological polar surface area (TPSA) is 71.3 Å². The molecule has 7 nitrogen and oxygen atoms in total. The fraction of sp³-hybridized carbons (Fsp3) is 0.300. The highest BCUT2D eigenvalue weighted by Gasteiger charge is 2.26. The summed E-state index contributed by atoms with van der Waals surface area (Å²) in [6.45, 7) is 4.69. The molecule has 144 valence electrons. The third kappa shape index (κ3) is 3.45. The normalized spacial score (nSPS) is 14.5. The van der Waals surface area contributed by atoms with Crippen LogP contribution in [0.4, 0.5) is 0 Å². The van der Waals surface area contributed by atoms with E-state index in [1.54, 1.807) is 44.8 Å². The van der Waals surface area contributed by atoms with Crippen molar-refractivity contribution in [2.24, 2.45) is 0 Å². The molecule has 0 radical (unpaired) electrons. The van der Waals surface area contributed by atoms with E-state index < -0.39 is 0 Å². The number of fused-ring (bicyclic) bond motifs is 1. The molecule has 0 N–H and O–H groups in total. The van der Waals surface area contributed by atoms with Crippen LogP contribution >= 0.6 is 11.6 Å². The average molecular weight is 398 g/mol. The Bertz CT molecular complexity index is 1040. The van der Waals surface area contributed by atoms with Gasteiger partial charge < -0.3 is 9.80 Å². The molecule has 1 aliphatic heterocycles. The Hall–Kier alpha value is -2.93. The van der Waals surface area contributed by atoms with E-state index >= 15 is 0 Å². The first-order valence-corrected chi connectivity index (χ1v) is 9.62. The van der Waals surface area contributed by atoms with Crippen LogP contribution in [0.3, 0.4) is 0 Å². The highest BCUT2D eigenvalue weighted by atomic mass is 35.5. The fourth-order valence-electron chi connectivity index (χ4n) is 3.44. The van der Waals surface area contributed by atoms with Gasteiger partial charge in [-0.1, -0.05) is 22.9 Å². The molecule has 2 amide bonds. The van der Waals surface area contributed by atoms with Gasteiger partial charge in [0.05, 0.1) is 5.52 Å². The summed E-state index contributed by atoms with van der Waals surface area (Å²) in [7, 11) is 0. The summed E-state index contributed by atoms with van der Waals surface area (Å²) in [5, 5.41) is 8.75. The van der Waals surface area contributed by atoms with E-state index in [1.165, 1.54) is 0 Å². The molecule has 2 aromatic carbocycles. The van der Waals surface area contributed by atoms with Crippen LogP contribution in [0.25, 0.3) is 11.0 Å². The predicted molar refractivity (Wildman–Crippen MR) is 106 cm³/mol. The van der Waals surface area contributed by atoms with Crippen molar-refractivity contribution < 1.29 is 9.59 Å². The summed E-state index contributed by atoms with van der Waals surface area (Å²) in [5.74, 6) is -0.116. The smallest absolute Gasteiger partial charge is 0.254 e. The first kappa shape index (κ1) is 18.4. The minimum atomic E-state index is -0.0628. The molecule has 1 aliphatic rings. The van der Waals surface area contributed by atoms with Crippen LogP contribution < -0.4 is 0 Å². The van der Waals surface area contributed by atoms with E-state index in [0.717, 1.165) is 12.1 Å². The number of hydrogen-bond acceptors (Lipinski definition) is 4. The van der Waals surface area contributed by atoms with Crippen molar-refractivity contribution >= 4 is 34.4 Å². The Balaban J connectivity index is 1.43. The highest BCUT2D eigenvalue weighted by molar-refractivity contribution is 6.30. The van der Waals surface area contributed by atoms with Crippen molar-refractivity contribution in [2.45, 2.75) is 13.5 Å². The van der Waals surface area contributed by atoms with E-state index in [9.17, 15) is 9.59 Å². The van der Waals surface area contributed by atoms with Crippen LogP contribution in [-0.4, -0.2) is 62.8 Å². The highest BCUT2D eigenvalue weighted by Crippen LogP contribution is 2.18. The zero-order chi connectivity index (χ0) is 19.7. The fourth-order valence-corrected chi connectivity index (χ4v) is 3.63. The van der Waals surface area contributed by atoms with Gasteiger partial charge in [0.25, 0.3) is 11.8 Å². The van der Waals surface area contributed by atoms with Gasteiger partial charge in [0.2, 0.25) is 0 Å². The monoisotopic (exact) mass is 397 g/mol. The molecule has 2 heterocycles. The number of carbonyl (C=O) groups excluding carboxylic acids is 2. The zero-order valence-corrected chi connectivity index (χ0v) is 16.3. The summed E-state index contributed by atoms with van der Waals surface area (Å²) in [4.78, 5) is 29.0. The maximum atomic E-state index is 12.9. The minimum absolute atomic E-state index is 0.0530. The molecular weight excluding hydrogens is 378 g/mol. The van der Waals surface area contributed by atoms with E-state index in [2.05, 4.69) is 10.3 Å². The second-order valence-corrected chi connectivity index (χ2v) is 7.14. The van der Waals surface area contributed by atoms with Gasteiger partial charge in [-0.2, -0.15) is 0 Å². The van der Waals surface area contributed by atoms with Crippen LogP contribution in [0.1, 0.15) is 27.6 Å². The molecule has 1 aromatic heterocycles. The lowest BCUT2D eigenvalue weighted by Crippen LogP contribution is -2.50. The van der Waals surface area contributed by atoms with Crippen LogP contribution in [0, 0.1) is 0 Å². The molecule has 0 bridgehead atoms. The van der Waals surface area contributed by atoms with E-state index in [-0.39, 0.29) is 11.8 Å². The number of amides is 2. The second-order valence-electron chi connectivity index (χ2n) is 6.70. The molecule has 8 heteroatoms. The summed E-state index contributed by atoms with van der Waals surface area (Å²) < 4.78 is 1.80. The number of aromatic nitrogens is 3. The third-order valence-corrected chi connectivity index (χ3v) is 5.22. The van der Waals surface area contributed by atoms with Crippen molar-refractivity contribution in [3.05, 3.63) is 58.6 Å². The summed E-state index contributed by atoms with van der Waals surface area (Å²) in [6.07, 6.45) is 0. The number of benzene rings is 2. The number of hydrogen-bond donors (Lipinski definition) is 0. The zero-order valence-electron chi connectivity index (χ0n) is 15.5. The van der Waals surface area contributed by atoms with Crippen molar-refractivity contribution in [1.82, 2.24) is 24.8 Å². The van der Waals surface area contributed by atoms with Gasteiger partial charge >= 0.3 is 0 Å². The molecule has 28 heavy (non-hydrogen) atoms. The number of aryl methyl sites for hydroxylation is 1. The summed E-state index contributed by atoms with van der Waals surface area (Å²) in [5.41, 5.74) is 2.78. The summed E-state index contributed by atoms with van der Waals surface area (Å²) >= 11 is 5.98. The molecule has 1 fully saturated rings. The SMILES string of the molecule is CCn1nnc2cc(C(=O)N3CCN(C(=O)c4cccc(Cl)c4)CC3)ccc21. The number of piperazine rings is 1. The predicted octanol–water partition coefficient (Wildman–Crippen LogP) is 2.70. The van der Waals surface area contributed by atoms with Gasteiger partial charge in [0.15, 0.2) is 0 Å². The molecule has 1 saturated heterocycles. The van der Waals surface area contributed by atoms with E-state index in [1.807, 2.05) is 19.1 Å². The van der Waals surface area contributed by atoms with Crippen molar-refractivity contribution in [3.8, 4) is 0 Å². The van der Waals surface area contributed by atoms with E-state index in [0.29, 0.717) is 47.8 Å². The molecule has 0 unspecified atom stereocenters. The summed E-state index contributed by atoms with van der Waals surface area (Å²) in [6, 6.07) is 12.4. The molecule has 4 rings (SSSR count). The van der Waals surface area contributed by atoms with Crippen molar-refractivity contribution in [3.63, 3.8) is 0 Å². The number of halogens is 1. The maximum absolute atomic E-state index is 12.9. The molecule has 0 spiro atoms. The standard InChI is InChI=1S/C20H20ClN5O2/c1-2-26-18-7-6-15(13-17(18)22-23-26)20(28)25-10-8-24(9-11-25)19(27)14-4-3-5-16(21)12-14/h3-7,12-13H,2,8-11H2,1H3. The quantitative estimate of drug-likeness (QED) is 0.681. The Kier molecular flexibility index (Phi) is 5.00. The lowest BCUT2D eigenvalue weighted by Gasteiger charge is -2.35. The van der Waals surface area contributed by atoms with Crippen LogP contribution in [0.5, 0.6) is 0 Å². The molecule has 0 saturated carbocycles. The Labute approximate surface area is 167 Å². The molecule has 0 atom stereocenters. The van der Waals surface area contributed by atoms with Crippen LogP contribution in [0.2, 0.25) is 5.02 Å². The second kappa shape index (κ2) is 7.59. The lowest BCUT2D eigenvalue weighted by molar-refractivity contribution is 0.0535. The van der Waals surface area contributed by atoms with Gasteiger partial charge in [0.1, 0.15) is 5.52 Å². The molecular formula is C20H20ClN5O2. The number of nitrogens with zero attached hydrogens (tertiary/aromatic N) is 5. The molecule has 0 aliphatic carbocycles. The maximum Gasteiger partial charge on any atom is 0.254 e. The van der Waals surface area contributed by atoms with Gasteiger partial charge in [0, 0.05) is 48.9 Å². The van der Waals surface area contributed by atoms with E-state index in [4.69, 9.17) is 11.6 Å². The number of rotatable bonds is 3. The first-order valence-electron chi connectivity index (χ1n) is 9.24. The largest absolute Gasteiger partial charge is 0.335 e. The minimum Gasteiger partial charge on any atom is -0.335 e. The first-order chi connectivity index (χ1) is 13.6. The Morgan fingerprint density at radius 1 is 0.964 bits per heavy atom. The Morgan fingerprint density at radius 2 is 1.61 bits per heavy atom. The van der Waals surface area contributed by atoms with Gasteiger partial charge in [-0.15, -0.1) is 5.10 Å². The third-order valence-electron chi connectivity index (χ3n) is 4.99. The lowest BCUT2D eigenvalue weighted by atomic mass is 10.1. The van der Waals surface area contributed by atoms with Gasteiger partial charge in [-0.25, -0.2) is 4.68 Å². The van der Waals surface area contributed by atoms with Crippen molar-refractivity contribution in [2.75, 3.05) is 26.2 Å². The van der Waals surface area contributed by atoms with Crippen molar-refractivity contribution in [1.29, 1.82) is 0 Å².